The van der Waals surface area contributed by atoms with Gasteiger partial charge in [0.15, 0.2) is 0 Å². The standard InChI is InChI=1S/C10H14FNO/c1-7(12)6-10(13)8-2-4-9(11)5-3-8/h2-5,7,10,13H,6,12H2,1H3/t7-,10+/m0/s1. The first-order chi connectivity index (χ1) is 6.09. The maximum atomic E-state index is 12.5. The molecule has 0 bridgehead atoms. The van der Waals surface area contributed by atoms with Crippen LogP contribution in [-0.2, 0) is 0 Å². The summed E-state index contributed by atoms with van der Waals surface area (Å²) < 4.78 is 12.5. The topological polar surface area (TPSA) is 46.2 Å². The second-order valence-corrected chi connectivity index (χ2v) is 3.28. The van der Waals surface area contributed by atoms with Gasteiger partial charge in [0.2, 0.25) is 0 Å². The van der Waals surface area contributed by atoms with E-state index in [1.807, 2.05) is 6.92 Å². The summed E-state index contributed by atoms with van der Waals surface area (Å²) in [6, 6.07) is 5.75. The van der Waals surface area contributed by atoms with E-state index in [4.69, 9.17) is 5.73 Å². The minimum atomic E-state index is -0.597. The Morgan fingerprint density at radius 1 is 1.38 bits per heavy atom. The molecule has 0 unspecified atom stereocenters. The molecule has 0 heterocycles. The maximum Gasteiger partial charge on any atom is 0.123 e. The molecule has 0 radical (unpaired) electrons. The lowest BCUT2D eigenvalue weighted by Crippen LogP contribution is -2.18. The van der Waals surface area contributed by atoms with E-state index in [0.29, 0.717) is 12.0 Å². The largest absolute Gasteiger partial charge is 0.388 e. The zero-order chi connectivity index (χ0) is 9.84. The fourth-order valence-corrected chi connectivity index (χ4v) is 1.17. The second kappa shape index (κ2) is 4.35. The summed E-state index contributed by atoms with van der Waals surface area (Å²) in [6.07, 6.45) is -0.105. The highest BCUT2D eigenvalue weighted by Crippen LogP contribution is 2.17. The van der Waals surface area contributed by atoms with Crippen LogP contribution in [0.3, 0.4) is 0 Å². The van der Waals surface area contributed by atoms with Gasteiger partial charge in [-0.15, -0.1) is 0 Å². The molecular formula is C10H14FNO. The monoisotopic (exact) mass is 183 g/mol. The lowest BCUT2D eigenvalue weighted by Gasteiger charge is -2.12. The van der Waals surface area contributed by atoms with Crippen molar-refractivity contribution in [2.45, 2.75) is 25.5 Å². The lowest BCUT2D eigenvalue weighted by molar-refractivity contribution is 0.160. The van der Waals surface area contributed by atoms with Gasteiger partial charge in [-0.2, -0.15) is 0 Å². The van der Waals surface area contributed by atoms with Crippen LogP contribution in [0.15, 0.2) is 24.3 Å². The molecule has 0 aliphatic rings. The molecule has 3 heteroatoms. The Bertz CT molecular complexity index is 258. The highest BCUT2D eigenvalue weighted by Gasteiger charge is 2.09. The van der Waals surface area contributed by atoms with Gasteiger partial charge >= 0.3 is 0 Å². The zero-order valence-corrected chi connectivity index (χ0v) is 7.57. The molecule has 0 amide bonds. The van der Waals surface area contributed by atoms with Gasteiger partial charge in [-0.05, 0) is 31.0 Å². The van der Waals surface area contributed by atoms with Crippen LogP contribution in [0.1, 0.15) is 25.0 Å². The molecule has 13 heavy (non-hydrogen) atoms. The fraction of sp³-hybridized carbons (Fsp3) is 0.400. The van der Waals surface area contributed by atoms with E-state index in [-0.39, 0.29) is 11.9 Å². The maximum absolute atomic E-state index is 12.5. The zero-order valence-electron chi connectivity index (χ0n) is 7.57. The number of hydrogen-bond donors (Lipinski definition) is 2. The van der Waals surface area contributed by atoms with Crippen molar-refractivity contribution < 1.29 is 9.50 Å². The Morgan fingerprint density at radius 3 is 2.38 bits per heavy atom. The van der Waals surface area contributed by atoms with E-state index < -0.39 is 6.10 Å². The van der Waals surface area contributed by atoms with Gasteiger partial charge in [0.05, 0.1) is 6.10 Å². The lowest BCUT2D eigenvalue weighted by atomic mass is 10.0. The molecule has 1 rings (SSSR count). The van der Waals surface area contributed by atoms with Gasteiger partial charge in [-0.25, -0.2) is 4.39 Å². The van der Waals surface area contributed by atoms with Crippen molar-refractivity contribution in [3.8, 4) is 0 Å². The third-order valence-corrected chi connectivity index (χ3v) is 1.85. The number of nitrogens with two attached hydrogens (primary N) is 1. The van der Waals surface area contributed by atoms with Crippen molar-refractivity contribution in [1.82, 2.24) is 0 Å². The quantitative estimate of drug-likeness (QED) is 0.747. The Hall–Kier alpha value is -0.930. The van der Waals surface area contributed by atoms with Crippen LogP contribution in [0.2, 0.25) is 0 Å². The highest BCUT2D eigenvalue weighted by atomic mass is 19.1. The first-order valence-corrected chi connectivity index (χ1v) is 4.28. The van der Waals surface area contributed by atoms with E-state index in [9.17, 15) is 9.50 Å². The van der Waals surface area contributed by atoms with E-state index in [1.165, 1.54) is 12.1 Å². The van der Waals surface area contributed by atoms with Crippen molar-refractivity contribution in [3.05, 3.63) is 35.6 Å². The molecule has 2 nitrogen and oxygen atoms in total. The summed E-state index contributed by atoms with van der Waals surface area (Å²) in [5, 5.41) is 9.58. The van der Waals surface area contributed by atoms with Gasteiger partial charge < -0.3 is 10.8 Å². The van der Waals surface area contributed by atoms with Crippen LogP contribution in [-0.4, -0.2) is 11.1 Å². The van der Waals surface area contributed by atoms with Crippen molar-refractivity contribution in [2.75, 3.05) is 0 Å². The Morgan fingerprint density at radius 2 is 1.92 bits per heavy atom. The minimum Gasteiger partial charge on any atom is -0.388 e. The summed E-state index contributed by atoms with van der Waals surface area (Å²) in [4.78, 5) is 0. The van der Waals surface area contributed by atoms with Crippen molar-refractivity contribution in [2.24, 2.45) is 5.73 Å². The van der Waals surface area contributed by atoms with Crippen molar-refractivity contribution in [3.63, 3.8) is 0 Å². The third-order valence-electron chi connectivity index (χ3n) is 1.85. The third kappa shape index (κ3) is 3.13. The molecule has 0 saturated heterocycles. The molecular weight excluding hydrogens is 169 g/mol. The summed E-state index contributed by atoms with van der Waals surface area (Å²) in [5.41, 5.74) is 6.23. The molecule has 1 aromatic rings. The average Bonchev–Trinajstić information content (AvgIpc) is 2.04. The predicted octanol–water partition coefficient (Wildman–Crippen LogP) is 1.60. The molecule has 72 valence electrons. The van der Waals surface area contributed by atoms with E-state index in [2.05, 4.69) is 0 Å². The van der Waals surface area contributed by atoms with Crippen molar-refractivity contribution in [1.29, 1.82) is 0 Å². The van der Waals surface area contributed by atoms with E-state index >= 15 is 0 Å². The first kappa shape index (κ1) is 10.2. The summed E-state index contributed by atoms with van der Waals surface area (Å²) >= 11 is 0. The van der Waals surface area contributed by atoms with Gasteiger partial charge in [0.1, 0.15) is 5.82 Å². The van der Waals surface area contributed by atoms with Gasteiger partial charge in [0.25, 0.3) is 0 Å². The number of halogens is 1. The number of benzene rings is 1. The molecule has 0 fully saturated rings. The Labute approximate surface area is 77.2 Å². The second-order valence-electron chi connectivity index (χ2n) is 3.28. The number of aliphatic hydroxyl groups is 1. The highest BCUT2D eigenvalue weighted by molar-refractivity contribution is 5.18. The minimum absolute atomic E-state index is 0.0555. The van der Waals surface area contributed by atoms with Crippen LogP contribution < -0.4 is 5.73 Å². The first-order valence-electron chi connectivity index (χ1n) is 4.28. The molecule has 0 aliphatic heterocycles. The summed E-state index contributed by atoms with van der Waals surface area (Å²) in [5.74, 6) is -0.295. The summed E-state index contributed by atoms with van der Waals surface area (Å²) in [7, 11) is 0. The van der Waals surface area contributed by atoms with Crippen LogP contribution in [0.4, 0.5) is 4.39 Å². The predicted molar refractivity (Wildman–Crippen MR) is 49.6 cm³/mol. The van der Waals surface area contributed by atoms with Crippen molar-refractivity contribution >= 4 is 0 Å². The Kier molecular flexibility index (Phi) is 3.39. The van der Waals surface area contributed by atoms with E-state index in [1.54, 1.807) is 12.1 Å². The normalized spacial score (nSPS) is 15.4. The van der Waals surface area contributed by atoms with Crippen LogP contribution in [0, 0.1) is 5.82 Å². The molecule has 1 aromatic carbocycles. The average molecular weight is 183 g/mol. The molecule has 0 aromatic heterocycles. The molecule has 0 saturated carbocycles. The molecule has 2 atom stereocenters. The molecule has 0 aliphatic carbocycles. The van der Waals surface area contributed by atoms with Crippen LogP contribution in [0.25, 0.3) is 0 Å². The summed E-state index contributed by atoms with van der Waals surface area (Å²) in [6.45, 7) is 1.83. The SMILES string of the molecule is C[C@H](N)C[C@@H](O)c1ccc(F)cc1. The number of hydrogen-bond acceptors (Lipinski definition) is 2. The molecule has 3 N–H and O–H groups in total. The Balaban J connectivity index is 2.66. The smallest absolute Gasteiger partial charge is 0.123 e. The molecule has 0 spiro atoms. The van der Waals surface area contributed by atoms with Crippen LogP contribution in [0.5, 0.6) is 0 Å². The van der Waals surface area contributed by atoms with Crippen LogP contribution >= 0.6 is 0 Å². The fourth-order valence-electron chi connectivity index (χ4n) is 1.17. The van der Waals surface area contributed by atoms with Gasteiger partial charge in [-0.1, -0.05) is 12.1 Å². The number of rotatable bonds is 3. The number of aliphatic hydroxyl groups excluding tert-OH is 1. The van der Waals surface area contributed by atoms with Gasteiger partial charge in [-0.3, -0.25) is 0 Å². The van der Waals surface area contributed by atoms with Gasteiger partial charge in [0, 0.05) is 6.04 Å². The van der Waals surface area contributed by atoms with E-state index in [0.717, 1.165) is 0 Å².